The van der Waals surface area contributed by atoms with E-state index in [4.69, 9.17) is 21.4 Å². The van der Waals surface area contributed by atoms with E-state index in [9.17, 15) is 9.59 Å². The van der Waals surface area contributed by atoms with Gasteiger partial charge in [-0.25, -0.2) is 9.97 Å². The van der Waals surface area contributed by atoms with Crippen molar-refractivity contribution in [3.05, 3.63) is 83.6 Å². The van der Waals surface area contributed by atoms with Crippen molar-refractivity contribution in [1.82, 2.24) is 29.7 Å². The molecule has 6 aliphatic rings. The van der Waals surface area contributed by atoms with Gasteiger partial charge in [-0.1, -0.05) is 70.2 Å². The molecule has 3 saturated carbocycles. The third-order valence-electron chi connectivity index (χ3n) is 15.8. The van der Waals surface area contributed by atoms with E-state index in [0.29, 0.717) is 23.7 Å². The van der Waals surface area contributed by atoms with Crippen molar-refractivity contribution in [3.8, 4) is 33.5 Å². The van der Waals surface area contributed by atoms with Gasteiger partial charge in [0, 0.05) is 12.1 Å². The van der Waals surface area contributed by atoms with Gasteiger partial charge in [0.2, 0.25) is 11.8 Å². The first-order valence-electron chi connectivity index (χ1n) is 22.5. The van der Waals surface area contributed by atoms with Gasteiger partial charge in [-0.05, 0) is 144 Å². The van der Waals surface area contributed by atoms with Crippen LogP contribution in [0.4, 0.5) is 0 Å². The van der Waals surface area contributed by atoms with Gasteiger partial charge >= 0.3 is 0 Å². The summed E-state index contributed by atoms with van der Waals surface area (Å²) >= 11 is 0. The number of fused-ring (bicyclic) bond motifs is 8. The Kier molecular flexibility index (Phi) is 8.75. The second-order valence-electron chi connectivity index (χ2n) is 19.7. The summed E-state index contributed by atoms with van der Waals surface area (Å²) < 4.78 is 0. The largest absolute Gasteiger partial charge is 0.340 e. The number of piperidine rings is 2. The first kappa shape index (κ1) is 37.2. The average molecular weight is 791 g/mol. The zero-order chi connectivity index (χ0) is 40.4. The highest BCUT2D eigenvalue weighted by molar-refractivity contribution is 5.87. The molecule has 4 heterocycles. The van der Waals surface area contributed by atoms with Crippen LogP contribution in [0.25, 0.3) is 44.5 Å². The average Bonchev–Trinajstić information content (AvgIpc) is 4.10. The third-order valence-corrected chi connectivity index (χ3v) is 15.8. The fourth-order valence-electron chi connectivity index (χ4n) is 12.3. The lowest BCUT2D eigenvalue weighted by Crippen LogP contribution is -2.50. The van der Waals surface area contributed by atoms with E-state index >= 15 is 0 Å². The fraction of sp³-hybridized carbons (Fsp3) is 0.510. The molecule has 306 valence electrons. The Balaban J connectivity index is 0.872. The van der Waals surface area contributed by atoms with E-state index in [1.54, 1.807) is 0 Å². The summed E-state index contributed by atoms with van der Waals surface area (Å²) in [7, 11) is 0. The van der Waals surface area contributed by atoms with Gasteiger partial charge in [-0.3, -0.25) is 9.59 Å². The first-order chi connectivity index (χ1) is 28.5. The smallest absolute Gasteiger partial charge is 0.240 e. The molecule has 2 aliphatic heterocycles. The third kappa shape index (κ3) is 5.79. The monoisotopic (exact) mass is 790 g/mol. The lowest BCUT2D eigenvalue weighted by atomic mass is 9.73. The predicted molar refractivity (Wildman–Crippen MR) is 231 cm³/mol. The molecule has 59 heavy (non-hydrogen) atoms. The summed E-state index contributed by atoms with van der Waals surface area (Å²) in [6.45, 7) is 8.10. The van der Waals surface area contributed by atoms with Crippen LogP contribution in [0.3, 0.4) is 0 Å². The molecule has 3 aromatic carbocycles. The maximum absolute atomic E-state index is 13.7. The molecule has 10 unspecified atom stereocenters. The lowest BCUT2D eigenvalue weighted by molar-refractivity contribution is -0.139. The number of H-pyrrole nitrogens is 2. The quantitative estimate of drug-likeness (QED) is 0.118. The van der Waals surface area contributed by atoms with Crippen LogP contribution < -0.4 is 11.5 Å². The summed E-state index contributed by atoms with van der Waals surface area (Å²) in [5, 5.41) is 0. The van der Waals surface area contributed by atoms with Crippen LogP contribution in [0, 0.1) is 29.6 Å². The Morgan fingerprint density at radius 1 is 0.678 bits per heavy atom. The molecule has 5 aromatic rings. The van der Waals surface area contributed by atoms with Crippen LogP contribution in [-0.4, -0.2) is 65.7 Å². The standard InChI is InChI=1S/C49H58N8O2/c1-24(2)42(50)48(58)56-32-13-9-30(19-32)44(56)46-52-23-40(55-46)27-7-5-26(6-8-27)35-17-16-34(37-21-28-11-15-36(28)41(35)37)29-12-18-38-39(22-29)54-47(53-38)45-31-10-14-33(20-31)57(45)49(59)43(51)25(3)4/h5-8,12,16-18,22-25,28,30-33,36,42-45H,9-11,13-15,19-21,50-51H2,1-4H3,(H,52,55)(H,53,54). The van der Waals surface area contributed by atoms with E-state index in [1.807, 2.05) is 33.9 Å². The van der Waals surface area contributed by atoms with Crippen molar-refractivity contribution < 1.29 is 9.59 Å². The number of carbonyl (C=O) groups excluding carboxylic acids is 2. The molecular formula is C49H58N8O2. The Morgan fingerprint density at radius 3 is 1.90 bits per heavy atom. The van der Waals surface area contributed by atoms with Crippen molar-refractivity contribution in [2.45, 2.75) is 128 Å². The second kappa shape index (κ2) is 13.9. The summed E-state index contributed by atoms with van der Waals surface area (Å²) in [5.41, 5.74) is 25.0. The molecular weight excluding hydrogens is 733 g/mol. The maximum Gasteiger partial charge on any atom is 0.240 e. The maximum atomic E-state index is 13.7. The number of benzene rings is 3. The van der Waals surface area contributed by atoms with Crippen molar-refractivity contribution in [3.63, 3.8) is 0 Å². The molecule has 0 spiro atoms. The van der Waals surface area contributed by atoms with Crippen LogP contribution >= 0.6 is 0 Å². The highest BCUT2D eigenvalue weighted by atomic mass is 16.2. The molecule has 10 heteroatoms. The van der Waals surface area contributed by atoms with Crippen LogP contribution in [0.15, 0.2) is 60.8 Å². The minimum Gasteiger partial charge on any atom is -0.340 e. The van der Waals surface area contributed by atoms with Crippen molar-refractivity contribution in [2.24, 2.45) is 41.1 Å². The Morgan fingerprint density at radius 2 is 1.27 bits per heavy atom. The van der Waals surface area contributed by atoms with Gasteiger partial charge in [0.1, 0.15) is 11.6 Å². The Hall–Kier alpha value is -4.80. The van der Waals surface area contributed by atoms with Crippen molar-refractivity contribution in [1.29, 1.82) is 0 Å². The molecule has 4 bridgehead atoms. The predicted octanol–water partition coefficient (Wildman–Crippen LogP) is 8.41. The number of rotatable bonds is 9. The number of aromatic amines is 2. The molecule has 10 atom stereocenters. The molecule has 11 rings (SSSR count). The second-order valence-corrected chi connectivity index (χ2v) is 19.7. The Labute approximate surface area is 346 Å². The SMILES string of the molecule is CC(C)C(N)C(=O)N1C2CCC(C2)C1c1ncc(-c2ccc(-c3ccc(-c4ccc5nc(C6C7CCC(C7)N6C(=O)C(N)C(C)C)[nH]c5c4)c4c3C3CCC3C4)cc2)[nH]1. The van der Waals surface area contributed by atoms with Crippen LogP contribution in [-0.2, 0) is 16.0 Å². The van der Waals surface area contributed by atoms with Gasteiger partial charge in [-0.2, -0.15) is 0 Å². The Bertz CT molecular complexity index is 2460. The van der Waals surface area contributed by atoms with E-state index in [1.165, 1.54) is 46.2 Å². The van der Waals surface area contributed by atoms with E-state index < -0.39 is 12.1 Å². The van der Waals surface area contributed by atoms with Crippen molar-refractivity contribution in [2.75, 3.05) is 0 Å². The summed E-state index contributed by atoms with van der Waals surface area (Å²) in [6, 6.07) is 19.8. The van der Waals surface area contributed by atoms with Gasteiger partial charge in [-0.15, -0.1) is 0 Å². The topological polar surface area (TPSA) is 150 Å². The summed E-state index contributed by atoms with van der Waals surface area (Å²) in [5.74, 6) is 4.25. The summed E-state index contributed by atoms with van der Waals surface area (Å²) in [6.07, 6.45) is 12.0. The van der Waals surface area contributed by atoms with E-state index in [2.05, 4.69) is 74.4 Å². The summed E-state index contributed by atoms with van der Waals surface area (Å²) in [4.78, 5) is 48.7. The van der Waals surface area contributed by atoms with Crippen LogP contribution in [0.1, 0.15) is 120 Å². The highest BCUT2D eigenvalue weighted by Gasteiger charge is 2.52. The number of hydrogen-bond acceptors (Lipinski definition) is 6. The number of hydrogen-bond donors (Lipinski definition) is 4. The number of imidazole rings is 2. The minimum absolute atomic E-state index is 0.0379. The highest BCUT2D eigenvalue weighted by Crippen LogP contribution is 2.57. The number of amides is 2. The zero-order valence-corrected chi connectivity index (χ0v) is 34.8. The van der Waals surface area contributed by atoms with Gasteiger partial charge in [0.05, 0.1) is 47.1 Å². The first-order valence-corrected chi connectivity index (χ1v) is 22.5. The molecule has 4 aliphatic carbocycles. The molecule has 5 fully saturated rings. The molecule has 2 saturated heterocycles. The van der Waals surface area contributed by atoms with E-state index in [-0.39, 0.29) is 47.8 Å². The number of likely N-dealkylation sites (tertiary alicyclic amines) is 2. The van der Waals surface area contributed by atoms with Gasteiger partial charge in [0.25, 0.3) is 0 Å². The number of nitrogens with two attached hydrogens (primary N) is 2. The number of nitrogens with one attached hydrogen (secondary N) is 2. The zero-order valence-electron chi connectivity index (χ0n) is 34.8. The number of aromatic nitrogens is 4. The number of carbonyl (C=O) groups is 2. The van der Waals surface area contributed by atoms with Crippen LogP contribution in [0.2, 0.25) is 0 Å². The normalized spacial score (nSPS) is 28.8. The molecule has 0 radical (unpaired) electrons. The van der Waals surface area contributed by atoms with E-state index in [0.717, 1.165) is 78.9 Å². The lowest BCUT2D eigenvalue weighted by Gasteiger charge is -2.36. The van der Waals surface area contributed by atoms with Gasteiger partial charge in [0.15, 0.2) is 0 Å². The fourth-order valence-corrected chi connectivity index (χ4v) is 12.3. The minimum atomic E-state index is -0.493. The van der Waals surface area contributed by atoms with Crippen molar-refractivity contribution >= 4 is 22.8 Å². The molecule has 2 amide bonds. The number of nitrogens with zero attached hydrogens (tertiary/aromatic N) is 4. The molecule has 10 nitrogen and oxygen atoms in total. The molecule has 2 aromatic heterocycles. The van der Waals surface area contributed by atoms with Crippen LogP contribution in [0.5, 0.6) is 0 Å². The molecule has 6 N–H and O–H groups in total. The van der Waals surface area contributed by atoms with Gasteiger partial charge < -0.3 is 31.2 Å².